The molecule has 0 N–H and O–H groups in total. The smallest absolute Gasteiger partial charge is 0.0713 e. The highest BCUT2D eigenvalue weighted by Gasteiger charge is 2.50. The molecule has 2 aliphatic carbocycles. The van der Waals surface area contributed by atoms with E-state index in [1.54, 1.807) is 11.1 Å². The molecule has 2 aliphatic rings. The predicted molar refractivity (Wildman–Crippen MR) is 516 cm³/mol. The Morgan fingerprint density at radius 3 is 0.915 bits per heavy atom. The molecule has 0 radical (unpaired) electrons. The van der Waals surface area contributed by atoms with Gasteiger partial charge in [0.1, 0.15) is 0 Å². The van der Waals surface area contributed by atoms with Gasteiger partial charge in [-0.25, -0.2) is 0 Å². The second-order valence-corrected chi connectivity index (χ2v) is 37.3. The van der Waals surface area contributed by atoms with Crippen LogP contribution in [-0.2, 0) is 34.5 Å². The van der Waals surface area contributed by atoms with E-state index in [9.17, 15) is 0 Å². The van der Waals surface area contributed by atoms with Gasteiger partial charge in [-0.1, -0.05) is 362 Å². The van der Waals surface area contributed by atoms with Crippen LogP contribution in [-0.4, -0.2) is 0 Å². The Morgan fingerprint density at radius 2 is 0.534 bits per heavy atom. The second-order valence-electron chi connectivity index (χ2n) is 37.3. The minimum Gasteiger partial charge on any atom is -0.311 e. The van der Waals surface area contributed by atoms with Crippen LogP contribution in [0, 0.1) is 55.4 Å². The van der Waals surface area contributed by atoms with Crippen molar-refractivity contribution in [2.45, 2.75) is 275 Å². The number of benzene rings is 13. The third-order valence-corrected chi connectivity index (χ3v) is 26.2. The fourth-order valence-corrected chi connectivity index (χ4v) is 19.1. The first-order chi connectivity index (χ1) is 56.9. The van der Waals surface area contributed by atoms with E-state index in [-0.39, 0.29) is 16.2 Å². The molecule has 0 spiro atoms. The van der Waals surface area contributed by atoms with Crippen molar-refractivity contribution in [2.24, 2.45) is 0 Å². The summed E-state index contributed by atoms with van der Waals surface area (Å²) in [6, 6.07) is 98.0. The molecule has 0 amide bonds. The average molecular weight is 1560 g/mol. The highest BCUT2D eigenvalue weighted by molar-refractivity contribution is 6.11. The average Bonchev–Trinajstić information content (AvgIpc) is 1.51. The van der Waals surface area contributed by atoms with E-state index >= 15 is 0 Å². The van der Waals surface area contributed by atoms with Gasteiger partial charge in [0.05, 0.1) is 5.41 Å². The predicted octanol–water partition coefficient (Wildman–Crippen LogP) is 34.2. The third-order valence-electron chi connectivity index (χ3n) is 26.2. The zero-order chi connectivity index (χ0) is 83.5. The van der Waals surface area contributed by atoms with Crippen molar-refractivity contribution in [3.05, 3.63) is 355 Å². The van der Waals surface area contributed by atoms with Gasteiger partial charge in [-0.05, 0) is 300 Å². The SMILES string of the molecule is CCCCCCCCC1(CCCCCCCC)c2cc(C)ccc2-c2cc3c(cc21)-c1ccc(C)cc1C3(c1ccc(C(C)(C)C)cc1)c1ccc(C(C)(C)C)cc1.CCCCc1ccc(N(c2ccc(C)cc2)c2ccc(N(c3ccc(C)cc3)c3ccc(CCCC)cc3)cc2)cc1.Cc1ccc2c(c1)c(C)c(C)c1cc(C)ccc12. The minimum absolute atomic E-state index is 0.0417. The summed E-state index contributed by atoms with van der Waals surface area (Å²) in [5, 5.41) is 5.53. The van der Waals surface area contributed by atoms with Crippen LogP contribution in [0.4, 0.5) is 34.1 Å². The molecule has 0 saturated heterocycles. The number of hydrogen-bond acceptors (Lipinski definition) is 2. The molecule has 0 heterocycles. The largest absolute Gasteiger partial charge is 0.311 e. The van der Waals surface area contributed by atoms with Crippen molar-refractivity contribution in [1.29, 1.82) is 0 Å². The number of unbranched alkanes of at least 4 members (excludes halogenated alkanes) is 12. The normalized spacial score (nSPS) is 13.0. The molecule has 0 bridgehead atoms. The van der Waals surface area contributed by atoms with Crippen molar-refractivity contribution in [1.82, 2.24) is 0 Å². The number of nitrogens with zero attached hydrogens (tertiary/aromatic N) is 2. The summed E-state index contributed by atoms with van der Waals surface area (Å²) in [4.78, 5) is 4.71. The molecule has 118 heavy (non-hydrogen) atoms. The van der Waals surface area contributed by atoms with Crippen LogP contribution in [0.1, 0.15) is 285 Å². The van der Waals surface area contributed by atoms with Crippen LogP contribution in [0.3, 0.4) is 0 Å². The molecule has 0 aromatic heterocycles. The quantitative estimate of drug-likeness (QED) is 0.0356. The lowest BCUT2D eigenvalue weighted by Gasteiger charge is -2.36. The maximum Gasteiger partial charge on any atom is 0.0713 e. The summed E-state index contributed by atoms with van der Waals surface area (Å²) in [7, 11) is 0. The Kier molecular flexibility index (Phi) is 27.6. The fraction of sp³-hybridized carbons (Fsp3) is 0.362. The molecule has 610 valence electrons. The Morgan fingerprint density at radius 1 is 0.246 bits per heavy atom. The molecule has 13 aromatic carbocycles. The molecule has 0 aliphatic heterocycles. The zero-order valence-corrected chi connectivity index (χ0v) is 75.3. The van der Waals surface area contributed by atoms with Gasteiger partial charge < -0.3 is 9.80 Å². The van der Waals surface area contributed by atoms with E-state index in [1.807, 2.05) is 0 Å². The number of hydrogen-bond donors (Lipinski definition) is 0. The third kappa shape index (κ3) is 18.7. The first-order valence-corrected chi connectivity index (χ1v) is 45.4. The molecule has 0 atom stereocenters. The Hall–Kier alpha value is -10.0. The van der Waals surface area contributed by atoms with Crippen molar-refractivity contribution in [3.8, 4) is 22.3 Å². The summed E-state index contributed by atoms with van der Waals surface area (Å²) in [5.74, 6) is 0. The van der Waals surface area contributed by atoms with Crippen LogP contribution in [0.2, 0.25) is 0 Å². The first-order valence-electron chi connectivity index (χ1n) is 45.4. The van der Waals surface area contributed by atoms with Gasteiger partial charge in [0.15, 0.2) is 0 Å². The van der Waals surface area contributed by atoms with E-state index in [0.717, 1.165) is 35.6 Å². The van der Waals surface area contributed by atoms with Gasteiger partial charge in [0, 0.05) is 39.5 Å². The van der Waals surface area contributed by atoms with E-state index in [4.69, 9.17) is 0 Å². The second kappa shape index (κ2) is 37.9. The van der Waals surface area contributed by atoms with Gasteiger partial charge >= 0.3 is 0 Å². The Bertz CT molecular complexity index is 5240. The van der Waals surface area contributed by atoms with Gasteiger partial charge in [-0.15, -0.1) is 0 Å². The van der Waals surface area contributed by atoms with Crippen LogP contribution in [0.15, 0.2) is 255 Å². The molecule has 2 nitrogen and oxygen atoms in total. The van der Waals surface area contributed by atoms with Crippen molar-refractivity contribution in [3.63, 3.8) is 0 Å². The minimum atomic E-state index is -0.437. The summed E-state index contributed by atoms with van der Waals surface area (Å²) in [6.07, 6.45) is 25.6. The summed E-state index contributed by atoms with van der Waals surface area (Å²) < 4.78 is 0. The van der Waals surface area contributed by atoms with E-state index in [0.29, 0.717) is 0 Å². The van der Waals surface area contributed by atoms with Crippen molar-refractivity contribution in [2.75, 3.05) is 9.80 Å². The standard InChI is InChI=1S/C58H74.C40H44N2.C18H18/c1-11-13-15-17-19-21-35-57(36-22-20-18-16-14-12-2)51-37-41(3)23-33-47(51)49-40-54-50(39-52(49)57)48-34-24-42(4)38-53(48)58(54,45-29-25-43(26-30-45)55(5,6)7)46-31-27-44(28-32-46)56(8,9)10;1-5-7-9-33-15-23-37(24-16-33)41(35-19-11-31(3)12-20-35)39-27-29-40(30-28-39)42(36-21-13-32(4)14-22-36)38-25-17-34(18-26-38)10-8-6-2;1-11-5-7-15-16-8-6-12(2)10-18(16)14(4)13(3)17(15)9-11/h23-34,37-40H,11-22,35-36H2,1-10H3;11-30H,5-10H2,1-4H3;5-10H,1-4H3. The van der Waals surface area contributed by atoms with E-state index in [2.05, 4.69) is 389 Å². The molecule has 0 fully saturated rings. The lowest BCUT2D eigenvalue weighted by atomic mass is 9.66. The topological polar surface area (TPSA) is 6.48 Å². The van der Waals surface area contributed by atoms with Gasteiger partial charge in [-0.3, -0.25) is 0 Å². The van der Waals surface area contributed by atoms with Crippen LogP contribution >= 0.6 is 0 Å². The van der Waals surface area contributed by atoms with Crippen LogP contribution < -0.4 is 9.80 Å². The first kappa shape index (κ1) is 85.8. The van der Waals surface area contributed by atoms with Crippen LogP contribution in [0.25, 0.3) is 43.8 Å². The number of fused-ring (bicyclic) bond motifs is 9. The van der Waals surface area contributed by atoms with E-state index in [1.165, 1.54) is 260 Å². The van der Waals surface area contributed by atoms with Crippen molar-refractivity contribution >= 4 is 55.7 Å². The molecular formula is C116H136N2. The molecular weight excluding hydrogens is 1420 g/mol. The zero-order valence-electron chi connectivity index (χ0n) is 75.3. The number of rotatable bonds is 28. The molecule has 0 unspecified atom stereocenters. The molecule has 15 rings (SSSR count). The maximum absolute atomic E-state index is 2.73. The lowest BCUT2D eigenvalue weighted by Crippen LogP contribution is -2.29. The summed E-state index contributed by atoms with van der Waals surface area (Å²) in [5.41, 5.74) is 37.6. The van der Waals surface area contributed by atoms with Crippen LogP contribution in [0.5, 0.6) is 0 Å². The Balaban J connectivity index is 0.000000174. The highest BCUT2D eigenvalue weighted by Crippen LogP contribution is 2.62. The molecule has 13 aromatic rings. The van der Waals surface area contributed by atoms with Crippen molar-refractivity contribution < 1.29 is 0 Å². The number of anilines is 6. The van der Waals surface area contributed by atoms with E-state index < -0.39 is 5.41 Å². The number of aryl methyl sites for hydroxylation is 10. The molecule has 0 saturated carbocycles. The summed E-state index contributed by atoms with van der Waals surface area (Å²) in [6.45, 7) is 40.8. The van der Waals surface area contributed by atoms with Gasteiger partial charge in [-0.2, -0.15) is 0 Å². The lowest BCUT2D eigenvalue weighted by molar-refractivity contribution is 0.397. The Labute approximate surface area is 712 Å². The van der Waals surface area contributed by atoms with Gasteiger partial charge in [0.25, 0.3) is 0 Å². The highest BCUT2D eigenvalue weighted by atomic mass is 15.2. The monoisotopic (exact) mass is 1560 g/mol. The van der Waals surface area contributed by atoms with Gasteiger partial charge in [0.2, 0.25) is 0 Å². The maximum atomic E-state index is 2.73. The molecule has 2 heteroatoms. The fourth-order valence-electron chi connectivity index (χ4n) is 19.1. The summed E-state index contributed by atoms with van der Waals surface area (Å²) >= 11 is 0.